The zero-order valence-corrected chi connectivity index (χ0v) is 41.1. The number of hydrogen-bond acceptors (Lipinski definition) is 25. The summed E-state index contributed by atoms with van der Waals surface area (Å²) in [7, 11) is 0. The van der Waals surface area contributed by atoms with Gasteiger partial charge in [-0.3, -0.25) is 9.59 Å². The molecule has 0 aromatic rings. The minimum Gasteiger partial charge on any atom is -0.481 e. The topological polar surface area (TPSA) is 413 Å². The molecule has 2 bridgehead atoms. The van der Waals surface area contributed by atoms with Gasteiger partial charge in [-0.2, -0.15) is 0 Å². The van der Waals surface area contributed by atoms with E-state index in [-0.39, 0.29) is 22.7 Å². The molecule has 1 spiro atoms. The molecule has 26 heteroatoms. The quantitative estimate of drug-likeness (QED) is 0.0227. The van der Waals surface area contributed by atoms with Gasteiger partial charge in [-0.1, -0.05) is 26.8 Å². The summed E-state index contributed by atoms with van der Waals surface area (Å²) in [5, 5.41) is 148. The molecule has 5 heterocycles. The summed E-state index contributed by atoms with van der Waals surface area (Å²) in [4.78, 5) is 22.8. The van der Waals surface area contributed by atoms with Gasteiger partial charge in [0.25, 0.3) is 0 Å². The van der Waals surface area contributed by atoms with E-state index in [2.05, 4.69) is 20.4 Å². The second-order valence-electron chi connectivity index (χ2n) is 22.6. The van der Waals surface area contributed by atoms with Crippen LogP contribution in [0.15, 0.2) is 12.2 Å². The third-order valence-electron chi connectivity index (χ3n) is 18.3. The molecular formula is C48H74O26. The van der Waals surface area contributed by atoms with Crippen LogP contribution in [0.4, 0.5) is 0 Å². The normalized spacial score (nSPS) is 53.2. The molecule has 9 aliphatic rings. The Labute approximate surface area is 425 Å². The van der Waals surface area contributed by atoms with Crippen molar-refractivity contribution >= 4 is 11.9 Å². The van der Waals surface area contributed by atoms with E-state index in [0.29, 0.717) is 25.7 Å². The van der Waals surface area contributed by atoms with E-state index < -0.39 is 191 Å². The standard InChI is InChI=1S/C48H74O26/c1-18-12-47-9-5-23-45(2,7-4-8-46(23,3)39-44(72-39)73-42-36(64)33(61)29(57)22(69-42)16-65-26(54)11-25(52)53)24(47)6-10-48(18,17-47)74-43-38(71-41-35(63)32(60)28(56)20(14-50)67-41)37(30(58)21(15-51)68-43)70-40-34(62)31(59)27(55)19(13-49)66-40/h19-24,27-44,49-51,55-64H,1,4-17H2,2-3H3,(H,52,53)/t19-,20?,21-,22?,23+,24+,27?,28-,29-,30?,31?,32?,33?,34-,35?,36?,37?,38-,39?,40?,41+,42+,43?,44?,45-,46-,47-,48+/m1/s1. The van der Waals surface area contributed by atoms with Gasteiger partial charge >= 0.3 is 11.9 Å². The van der Waals surface area contributed by atoms with Crippen molar-refractivity contribution in [1.29, 1.82) is 0 Å². The van der Waals surface area contributed by atoms with E-state index in [1.807, 2.05) is 0 Å². The first kappa shape index (κ1) is 56.5. The van der Waals surface area contributed by atoms with Gasteiger partial charge < -0.3 is 119 Å². The summed E-state index contributed by atoms with van der Waals surface area (Å²) in [6, 6.07) is 0. The van der Waals surface area contributed by atoms with Crippen LogP contribution < -0.4 is 0 Å². The van der Waals surface area contributed by atoms with E-state index in [9.17, 15) is 76.0 Å². The molecule has 28 atom stereocenters. The summed E-state index contributed by atoms with van der Waals surface area (Å²) in [5.74, 6) is -2.26. The van der Waals surface area contributed by atoms with Crippen LogP contribution in [0.1, 0.15) is 78.1 Å². The fraction of sp³-hybridized carbons (Fsp3) is 0.917. The summed E-state index contributed by atoms with van der Waals surface area (Å²) in [6.07, 6.45) is -30.2. The molecule has 5 aliphatic heterocycles. The number of carboxylic acid groups (broad SMARTS) is 1. The highest BCUT2D eigenvalue weighted by atomic mass is 16.8. The number of aliphatic carboxylic acids is 1. The molecule has 9 fully saturated rings. The van der Waals surface area contributed by atoms with Crippen molar-refractivity contribution in [2.75, 3.05) is 26.4 Å². The summed E-state index contributed by atoms with van der Waals surface area (Å²) < 4.78 is 60.1. The fourth-order valence-corrected chi connectivity index (χ4v) is 14.5. The number of carbonyl (C=O) groups excluding carboxylic acids is 1. The third-order valence-corrected chi connectivity index (χ3v) is 18.3. The van der Waals surface area contributed by atoms with Crippen molar-refractivity contribution in [2.24, 2.45) is 28.1 Å². The molecule has 9 rings (SSSR count). The molecule has 5 saturated heterocycles. The van der Waals surface area contributed by atoms with Crippen molar-refractivity contribution in [2.45, 2.75) is 219 Å². The number of esters is 1. The van der Waals surface area contributed by atoms with Crippen LogP contribution in [0.3, 0.4) is 0 Å². The first-order chi connectivity index (χ1) is 35.0. The average molecular weight is 1070 g/mol. The molecule has 0 amide bonds. The van der Waals surface area contributed by atoms with Gasteiger partial charge in [-0.05, 0) is 79.6 Å². The monoisotopic (exact) mass is 1070 g/mol. The highest BCUT2D eigenvalue weighted by Gasteiger charge is 2.71. The Bertz CT molecular complexity index is 2020. The predicted octanol–water partition coefficient (Wildman–Crippen LogP) is -4.89. The lowest BCUT2D eigenvalue weighted by atomic mass is 9.40. The summed E-state index contributed by atoms with van der Waals surface area (Å²) in [5.41, 5.74) is -1.41. The lowest BCUT2D eigenvalue weighted by Gasteiger charge is -2.64. The van der Waals surface area contributed by atoms with Gasteiger partial charge in [-0.25, -0.2) is 0 Å². The van der Waals surface area contributed by atoms with Crippen molar-refractivity contribution in [1.82, 2.24) is 0 Å². The smallest absolute Gasteiger partial charge is 0.317 e. The van der Waals surface area contributed by atoms with Crippen LogP contribution in [-0.2, 0) is 57.0 Å². The van der Waals surface area contributed by atoms with Gasteiger partial charge in [0.15, 0.2) is 31.5 Å². The number of aliphatic hydroxyl groups excluding tert-OH is 13. The van der Waals surface area contributed by atoms with Crippen molar-refractivity contribution in [3.8, 4) is 0 Å². The average Bonchev–Trinajstić information content (AvgIpc) is 4.11. The van der Waals surface area contributed by atoms with Crippen LogP contribution >= 0.6 is 0 Å². The van der Waals surface area contributed by atoms with Gasteiger partial charge in [0.05, 0.1) is 25.4 Å². The SMILES string of the molecule is C=C1C[C@@]23CC[C@H]4[C@@](C)(CCC[C@@]4(C)C4OC4O[C@@H]4OC(COC(=O)CC(=O)O)[C@@H](O)C(O)C4O)[C@@H]2CC[C@]1(OC1O[C@H](CO)C(O)C(OC2O[C@H](CO)C(O)C(O)[C@H]2O)[C@H]1O[C@@H]1OC(CO)[C@@H](O)C(O)C1O)C3. The maximum Gasteiger partial charge on any atom is 0.317 e. The zero-order chi connectivity index (χ0) is 53.6. The summed E-state index contributed by atoms with van der Waals surface area (Å²) >= 11 is 0. The Morgan fingerprint density at radius 2 is 1.07 bits per heavy atom. The number of aliphatic hydroxyl groups is 13. The van der Waals surface area contributed by atoms with Crippen LogP contribution in [0, 0.1) is 28.1 Å². The highest BCUT2D eigenvalue weighted by molar-refractivity contribution is 5.90. The van der Waals surface area contributed by atoms with E-state index >= 15 is 0 Å². The van der Waals surface area contributed by atoms with Gasteiger partial charge in [0.2, 0.25) is 0 Å². The molecule has 14 unspecified atom stereocenters. The van der Waals surface area contributed by atoms with Crippen LogP contribution in [0.2, 0.25) is 0 Å². The number of carboxylic acids is 1. The molecule has 4 aliphatic carbocycles. The number of rotatable bonds is 16. The molecule has 0 aromatic heterocycles. The van der Waals surface area contributed by atoms with Crippen molar-refractivity contribution < 1.29 is 128 Å². The van der Waals surface area contributed by atoms with Crippen LogP contribution in [0.5, 0.6) is 0 Å². The van der Waals surface area contributed by atoms with Crippen LogP contribution in [0.25, 0.3) is 0 Å². The molecule has 0 radical (unpaired) electrons. The lowest BCUT2D eigenvalue weighted by molar-refractivity contribution is -0.400. The Kier molecular flexibility index (Phi) is 16.4. The highest BCUT2D eigenvalue weighted by Crippen LogP contribution is 2.75. The Morgan fingerprint density at radius 1 is 0.568 bits per heavy atom. The van der Waals surface area contributed by atoms with E-state index in [0.717, 1.165) is 37.7 Å². The molecule has 14 N–H and O–H groups in total. The Balaban J connectivity index is 0.933. The second-order valence-corrected chi connectivity index (χ2v) is 22.6. The molecular weight excluding hydrogens is 993 g/mol. The molecule has 422 valence electrons. The first-order valence-electron chi connectivity index (χ1n) is 25.6. The Morgan fingerprint density at radius 3 is 1.65 bits per heavy atom. The fourth-order valence-electron chi connectivity index (χ4n) is 14.5. The molecule has 0 aromatic carbocycles. The van der Waals surface area contributed by atoms with E-state index in [1.165, 1.54) is 0 Å². The number of hydrogen-bond donors (Lipinski definition) is 14. The number of fused-ring (bicyclic) bond motifs is 3. The maximum absolute atomic E-state index is 11.9. The van der Waals surface area contributed by atoms with E-state index in [1.54, 1.807) is 0 Å². The largest absolute Gasteiger partial charge is 0.481 e. The summed E-state index contributed by atoms with van der Waals surface area (Å²) in [6.45, 7) is 5.99. The number of epoxide rings is 1. The molecule has 74 heavy (non-hydrogen) atoms. The first-order valence-corrected chi connectivity index (χ1v) is 25.6. The van der Waals surface area contributed by atoms with Gasteiger partial charge in [0, 0.05) is 5.41 Å². The zero-order valence-electron chi connectivity index (χ0n) is 41.1. The maximum atomic E-state index is 11.9. The van der Waals surface area contributed by atoms with Gasteiger partial charge in [-0.15, -0.1) is 0 Å². The minimum atomic E-state index is -1.96. The van der Waals surface area contributed by atoms with Crippen molar-refractivity contribution in [3.63, 3.8) is 0 Å². The Hall–Kier alpha value is -2.20. The minimum absolute atomic E-state index is 0.108. The van der Waals surface area contributed by atoms with E-state index in [4.69, 9.17) is 52.5 Å². The van der Waals surface area contributed by atoms with Crippen LogP contribution in [-0.4, -0.2) is 251 Å². The predicted molar refractivity (Wildman–Crippen MR) is 239 cm³/mol. The van der Waals surface area contributed by atoms with Gasteiger partial charge in [0.1, 0.15) is 117 Å². The lowest BCUT2D eigenvalue weighted by Crippen LogP contribution is -2.68. The second kappa shape index (κ2) is 21.5. The third kappa shape index (κ3) is 9.89. The van der Waals surface area contributed by atoms with Crippen molar-refractivity contribution in [3.05, 3.63) is 12.2 Å². The number of ether oxygens (including phenoxy) is 10. The molecule has 4 saturated carbocycles. The molecule has 26 nitrogen and oxygen atoms in total. The number of carbonyl (C=O) groups is 2.